The third-order valence-corrected chi connectivity index (χ3v) is 2.79. The van der Waals surface area contributed by atoms with Gasteiger partial charge in [-0.25, -0.2) is 0 Å². The second-order valence-corrected chi connectivity index (χ2v) is 4.73. The van der Waals surface area contributed by atoms with Gasteiger partial charge in [-0.1, -0.05) is 6.92 Å². The van der Waals surface area contributed by atoms with Crippen molar-refractivity contribution in [2.24, 2.45) is 17.4 Å². The van der Waals surface area contributed by atoms with E-state index in [1.54, 1.807) is 6.92 Å². The van der Waals surface area contributed by atoms with Gasteiger partial charge in [0.2, 0.25) is 11.8 Å². The second-order valence-electron chi connectivity index (χ2n) is 4.73. The topological polar surface area (TPSA) is 151 Å². The predicted molar refractivity (Wildman–Crippen MR) is 74.7 cm³/mol. The molecule has 0 rings (SSSR count). The van der Waals surface area contributed by atoms with Gasteiger partial charge in [-0.3, -0.25) is 19.8 Å². The molecule has 0 bridgehead atoms. The van der Waals surface area contributed by atoms with Gasteiger partial charge in [0.1, 0.15) is 0 Å². The number of primary amides is 1. The van der Waals surface area contributed by atoms with Gasteiger partial charge in [-0.15, -0.1) is 0 Å². The lowest BCUT2D eigenvalue weighted by molar-refractivity contribution is -0.130. The lowest BCUT2D eigenvalue weighted by Gasteiger charge is -2.18. The number of nitrogens with two attached hydrogens (primary N) is 2. The van der Waals surface area contributed by atoms with Gasteiger partial charge in [0, 0.05) is 12.5 Å². The summed E-state index contributed by atoms with van der Waals surface area (Å²) < 4.78 is 0. The number of carbonyl (C=O) groups is 3. The molecule has 0 aromatic heterocycles. The average molecular weight is 285 g/mol. The van der Waals surface area contributed by atoms with E-state index in [9.17, 15) is 14.4 Å². The SMILES string of the molecule is CC(=O)[C@H](CC(N)=O)NC(=O)[C@@H](C)CCCNC(=N)N. The summed E-state index contributed by atoms with van der Waals surface area (Å²) in [6, 6.07) is -0.863. The number of Topliss-reactive ketones (excluding diaryl/α,β-unsaturated/α-hetero) is 1. The summed E-state index contributed by atoms with van der Waals surface area (Å²) in [6.07, 6.45) is 1.04. The first kappa shape index (κ1) is 17.9. The molecule has 2 amide bonds. The van der Waals surface area contributed by atoms with Crippen molar-refractivity contribution in [3.63, 3.8) is 0 Å². The highest BCUT2D eigenvalue weighted by molar-refractivity contribution is 5.91. The first-order valence-corrected chi connectivity index (χ1v) is 6.41. The summed E-state index contributed by atoms with van der Waals surface area (Å²) in [4.78, 5) is 34.0. The molecule has 20 heavy (non-hydrogen) atoms. The fraction of sp³-hybridized carbons (Fsp3) is 0.667. The Hall–Kier alpha value is -2.12. The van der Waals surface area contributed by atoms with Crippen LogP contribution in [0.3, 0.4) is 0 Å². The number of hydrogen-bond donors (Lipinski definition) is 5. The summed E-state index contributed by atoms with van der Waals surface area (Å²) in [5.41, 5.74) is 10.2. The number of rotatable bonds is 9. The van der Waals surface area contributed by atoms with Gasteiger partial charge >= 0.3 is 0 Å². The summed E-state index contributed by atoms with van der Waals surface area (Å²) in [7, 11) is 0. The van der Waals surface area contributed by atoms with E-state index < -0.39 is 11.9 Å². The minimum atomic E-state index is -0.863. The monoisotopic (exact) mass is 285 g/mol. The van der Waals surface area contributed by atoms with Crippen molar-refractivity contribution < 1.29 is 14.4 Å². The van der Waals surface area contributed by atoms with Crippen molar-refractivity contribution in [3.8, 4) is 0 Å². The van der Waals surface area contributed by atoms with E-state index in [1.165, 1.54) is 6.92 Å². The van der Waals surface area contributed by atoms with E-state index in [-0.39, 0.29) is 30.0 Å². The van der Waals surface area contributed by atoms with Gasteiger partial charge in [0.25, 0.3) is 0 Å². The van der Waals surface area contributed by atoms with Crippen LogP contribution in [0.15, 0.2) is 0 Å². The summed E-state index contributed by atoms with van der Waals surface area (Å²) in [6.45, 7) is 3.53. The number of guanidine groups is 1. The molecule has 0 radical (unpaired) electrons. The van der Waals surface area contributed by atoms with Crippen LogP contribution in [-0.4, -0.2) is 36.1 Å². The largest absolute Gasteiger partial charge is 0.370 e. The molecule has 0 saturated heterocycles. The third kappa shape index (κ3) is 8.06. The Morgan fingerprint density at radius 1 is 1.25 bits per heavy atom. The van der Waals surface area contributed by atoms with Crippen LogP contribution in [-0.2, 0) is 14.4 Å². The van der Waals surface area contributed by atoms with Crippen molar-refractivity contribution in [3.05, 3.63) is 0 Å². The van der Waals surface area contributed by atoms with Gasteiger partial charge in [0.15, 0.2) is 11.7 Å². The van der Waals surface area contributed by atoms with E-state index in [2.05, 4.69) is 10.6 Å². The molecule has 0 aromatic rings. The maximum absolute atomic E-state index is 11.9. The molecule has 0 aliphatic heterocycles. The Labute approximate surface area is 118 Å². The summed E-state index contributed by atoms with van der Waals surface area (Å²) in [5.74, 6) is -1.65. The van der Waals surface area contributed by atoms with Crippen LogP contribution in [0.1, 0.15) is 33.1 Å². The normalized spacial score (nSPS) is 13.1. The Bertz CT molecular complexity index is 383. The lowest BCUT2D eigenvalue weighted by Crippen LogP contribution is -2.44. The zero-order valence-corrected chi connectivity index (χ0v) is 11.9. The predicted octanol–water partition coefficient (Wildman–Crippen LogP) is -1.17. The summed E-state index contributed by atoms with van der Waals surface area (Å²) >= 11 is 0. The number of amides is 2. The highest BCUT2D eigenvalue weighted by atomic mass is 16.2. The molecule has 0 aromatic carbocycles. The number of nitrogens with one attached hydrogen (secondary N) is 3. The molecule has 7 N–H and O–H groups in total. The molecule has 0 unspecified atom stereocenters. The van der Waals surface area contributed by atoms with Crippen molar-refractivity contribution in [2.45, 2.75) is 39.2 Å². The first-order chi connectivity index (χ1) is 9.23. The Kier molecular flexibility index (Phi) is 7.95. The number of carbonyl (C=O) groups excluding carboxylic acids is 3. The molecule has 0 fully saturated rings. The summed E-state index contributed by atoms with van der Waals surface area (Å²) in [5, 5.41) is 12.1. The quantitative estimate of drug-likeness (QED) is 0.205. The van der Waals surface area contributed by atoms with Gasteiger partial charge in [-0.2, -0.15) is 0 Å². The van der Waals surface area contributed by atoms with Gasteiger partial charge < -0.3 is 22.1 Å². The van der Waals surface area contributed by atoms with Crippen molar-refractivity contribution in [1.82, 2.24) is 10.6 Å². The Morgan fingerprint density at radius 2 is 1.85 bits per heavy atom. The zero-order valence-electron chi connectivity index (χ0n) is 11.9. The van der Waals surface area contributed by atoms with Crippen LogP contribution >= 0.6 is 0 Å². The molecule has 2 atom stereocenters. The minimum Gasteiger partial charge on any atom is -0.370 e. The van der Waals surface area contributed by atoms with E-state index >= 15 is 0 Å². The Balaban J connectivity index is 4.18. The number of ketones is 1. The fourth-order valence-corrected chi connectivity index (χ4v) is 1.57. The smallest absolute Gasteiger partial charge is 0.223 e. The zero-order chi connectivity index (χ0) is 15.7. The molecule has 8 nitrogen and oxygen atoms in total. The van der Waals surface area contributed by atoms with Crippen LogP contribution in [0.4, 0.5) is 0 Å². The van der Waals surface area contributed by atoms with E-state index in [0.717, 1.165) is 0 Å². The standard InChI is InChI=1S/C12H23N5O3/c1-7(4-3-5-16-12(14)15)11(20)17-9(8(2)18)6-10(13)19/h7,9H,3-6H2,1-2H3,(H2,13,19)(H,17,20)(H4,14,15,16)/t7-,9-/m0/s1. The molecular weight excluding hydrogens is 262 g/mol. The van der Waals surface area contributed by atoms with Crippen LogP contribution < -0.4 is 22.1 Å². The van der Waals surface area contributed by atoms with Gasteiger partial charge in [0.05, 0.1) is 12.5 Å². The molecule has 0 spiro atoms. The minimum absolute atomic E-state index is 0.111. The fourth-order valence-electron chi connectivity index (χ4n) is 1.57. The van der Waals surface area contributed by atoms with Crippen molar-refractivity contribution in [2.75, 3.05) is 6.54 Å². The Morgan fingerprint density at radius 3 is 2.30 bits per heavy atom. The van der Waals surface area contributed by atoms with Crippen LogP contribution in [0.25, 0.3) is 0 Å². The highest BCUT2D eigenvalue weighted by Gasteiger charge is 2.22. The molecule has 114 valence electrons. The van der Waals surface area contributed by atoms with Crippen LogP contribution in [0, 0.1) is 11.3 Å². The third-order valence-electron chi connectivity index (χ3n) is 2.79. The lowest BCUT2D eigenvalue weighted by atomic mass is 10.0. The molecule has 0 aliphatic carbocycles. The molecular formula is C12H23N5O3. The highest BCUT2D eigenvalue weighted by Crippen LogP contribution is 2.06. The van der Waals surface area contributed by atoms with Crippen molar-refractivity contribution in [1.29, 1.82) is 5.41 Å². The number of hydrogen-bond acceptors (Lipinski definition) is 4. The van der Waals surface area contributed by atoms with Crippen LogP contribution in [0.2, 0.25) is 0 Å². The van der Waals surface area contributed by atoms with E-state index in [0.29, 0.717) is 19.4 Å². The van der Waals surface area contributed by atoms with E-state index in [4.69, 9.17) is 16.9 Å². The van der Waals surface area contributed by atoms with Crippen LogP contribution in [0.5, 0.6) is 0 Å². The van der Waals surface area contributed by atoms with Crippen molar-refractivity contribution >= 4 is 23.6 Å². The molecule has 0 heterocycles. The molecule has 0 saturated carbocycles. The second kappa shape index (κ2) is 8.89. The molecule has 0 aliphatic rings. The molecule has 8 heteroatoms. The van der Waals surface area contributed by atoms with Gasteiger partial charge in [-0.05, 0) is 19.8 Å². The maximum atomic E-state index is 11.9. The van der Waals surface area contributed by atoms with E-state index in [1.807, 2.05) is 0 Å². The maximum Gasteiger partial charge on any atom is 0.223 e. The first-order valence-electron chi connectivity index (χ1n) is 6.41. The average Bonchev–Trinajstić information content (AvgIpc) is 2.32.